The molecule has 2 aromatic rings. The Morgan fingerprint density at radius 2 is 1.73 bits per heavy atom. The molecule has 2 aliphatic rings. The smallest absolute Gasteiger partial charge is 0.363 e. The van der Waals surface area contributed by atoms with Crippen molar-refractivity contribution < 1.29 is 29.0 Å². The average Bonchev–Trinajstić information content (AvgIpc) is 2.78. The number of nitrogens with one attached hydrogen (secondary N) is 1. The van der Waals surface area contributed by atoms with Crippen LogP contribution in [0.3, 0.4) is 0 Å². The molecule has 2 amide bonds. The number of nitrogens with zero attached hydrogens (tertiary/aromatic N) is 1. The quantitative estimate of drug-likeness (QED) is 0.446. The fourth-order valence-corrected chi connectivity index (χ4v) is 3.65. The lowest BCUT2D eigenvalue weighted by Gasteiger charge is -2.49. The van der Waals surface area contributed by atoms with Gasteiger partial charge in [-0.25, -0.2) is 4.79 Å². The van der Waals surface area contributed by atoms with Crippen LogP contribution in [0.4, 0.5) is 0 Å². The number of benzene rings is 2. The van der Waals surface area contributed by atoms with Crippen LogP contribution in [-0.2, 0) is 9.59 Å². The zero-order valence-corrected chi connectivity index (χ0v) is 16.2. The molecule has 2 aromatic carbocycles. The summed E-state index contributed by atoms with van der Waals surface area (Å²) in [5.74, 6) is -1.00. The molecule has 0 bridgehead atoms. The molecule has 0 aliphatic carbocycles. The summed E-state index contributed by atoms with van der Waals surface area (Å²) in [6.45, 7) is 0. The molecular weight excluding hydrogens is 388 g/mol. The fourth-order valence-electron chi connectivity index (χ4n) is 3.65. The summed E-state index contributed by atoms with van der Waals surface area (Å²) < 4.78 is 10.4. The van der Waals surface area contributed by atoms with Gasteiger partial charge >= 0.3 is 5.97 Å². The second-order valence-corrected chi connectivity index (χ2v) is 6.99. The molecule has 2 atom stereocenters. The van der Waals surface area contributed by atoms with Crippen molar-refractivity contribution in [3.63, 3.8) is 0 Å². The van der Waals surface area contributed by atoms with Gasteiger partial charge in [-0.2, -0.15) is 0 Å². The molecule has 8 nitrogen and oxygen atoms in total. The molecule has 2 heterocycles. The first kappa shape index (κ1) is 19.5. The van der Waals surface area contributed by atoms with E-state index in [1.165, 1.54) is 12.0 Å². The maximum Gasteiger partial charge on any atom is 0.363 e. The molecular formula is C22H20N2O6. The number of esters is 1. The highest BCUT2D eigenvalue weighted by Crippen LogP contribution is 2.36. The number of carbonyl (C=O) groups is 3. The van der Waals surface area contributed by atoms with E-state index >= 15 is 0 Å². The normalized spacial score (nSPS) is 20.2. The van der Waals surface area contributed by atoms with E-state index in [2.05, 4.69) is 5.32 Å². The lowest BCUT2D eigenvalue weighted by molar-refractivity contribution is -0.153. The topological polar surface area (TPSA) is 105 Å². The zero-order chi connectivity index (χ0) is 21.3. The van der Waals surface area contributed by atoms with E-state index < -0.39 is 24.0 Å². The number of β-lactam (4-membered cyclic amide) rings is 1. The number of hydrogen-bond donors (Lipinski definition) is 2. The van der Waals surface area contributed by atoms with E-state index in [9.17, 15) is 19.5 Å². The SMILES string of the molecule is COc1ccc(OC(=O)C2=C(O)CCC3C(NC(=O)c4ccccc4)C(=O)N23)cc1. The van der Waals surface area contributed by atoms with Crippen molar-refractivity contribution in [1.29, 1.82) is 0 Å². The fraction of sp³-hybridized carbons (Fsp3) is 0.227. The third-order valence-corrected chi connectivity index (χ3v) is 5.20. The predicted octanol–water partition coefficient (Wildman–Crippen LogP) is 2.17. The Balaban J connectivity index is 1.47. The van der Waals surface area contributed by atoms with Crippen LogP contribution in [0.5, 0.6) is 11.5 Å². The molecule has 0 radical (unpaired) electrons. The van der Waals surface area contributed by atoms with E-state index in [4.69, 9.17) is 9.47 Å². The van der Waals surface area contributed by atoms with Crippen molar-refractivity contribution >= 4 is 17.8 Å². The molecule has 2 N–H and O–H groups in total. The molecule has 30 heavy (non-hydrogen) atoms. The largest absolute Gasteiger partial charge is 0.510 e. The summed E-state index contributed by atoms with van der Waals surface area (Å²) in [7, 11) is 1.52. The van der Waals surface area contributed by atoms with Gasteiger partial charge in [-0.3, -0.25) is 14.5 Å². The molecule has 1 saturated heterocycles. The van der Waals surface area contributed by atoms with E-state index in [1.807, 2.05) is 0 Å². The molecule has 8 heteroatoms. The van der Waals surface area contributed by atoms with E-state index in [0.29, 0.717) is 17.7 Å². The standard InChI is InChI=1S/C22H20N2O6/c1-29-14-7-9-15(10-8-14)30-22(28)19-17(25)12-11-16-18(21(27)24(16)19)23-20(26)13-5-3-2-4-6-13/h2-10,16,18,25H,11-12H2,1H3,(H,23,26). The summed E-state index contributed by atoms with van der Waals surface area (Å²) in [6, 6.07) is 13.8. The Hall–Kier alpha value is -3.81. The molecule has 0 saturated carbocycles. The van der Waals surface area contributed by atoms with Gasteiger partial charge < -0.3 is 19.9 Å². The van der Waals surface area contributed by atoms with Crippen LogP contribution in [0.25, 0.3) is 0 Å². The Labute approximate surface area is 172 Å². The van der Waals surface area contributed by atoms with E-state index in [-0.39, 0.29) is 29.5 Å². The predicted molar refractivity (Wildman–Crippen MR) is 106 cm³/mol. The van der Waals surface area contributed by atoms with Gasteiger partial charge in [-0.05, 0) is 42.8 Å². The second-order valence-electron chi connectivity index (χ2n) is 6.99. The highest BCUT2D eigenvalue weighted by Gasteiger charge is 2.54. The number of aliphatic hydroxyl groups is 1. The first-order valence-electron chi connectivity index (χ1n) is 9.47. The van der Waals surface area contributed by atoms with Crippen molar-refractivity contribution in [2.24, 2.45) is 0 Å². The third kappa shape index (κ3) is 3.47. The van der Waals surface area contributed by atoms with Crippen LogP contribution < -0.4 is 14.8 Å². The van der Waals surface area contributed by atoms with E-state index in [0.717, 1.165) is 0 Å². The van der Waals surface area contributed by atoms with Gasteiger partial charge in [0.25, 0.3) is 11.8 Å². The van der Waals surface area contributed by atoms with Gasteiger partial charge in [0, 0.05) is 12.0 Å². The van der Waals surface area contributed by atoms with Crippen LogP contribution in [0.15, 0.2) is 66.1 Å². The molecule has 154 valence electrons. The summed E-state index contributed by atoms with van der Waals surface area (Å²) in [5.41, 5.74) is 0.259. The molecule has 0 spiro atoms. The Morgan fingerprint density at radius 1 is 1.07 bits per heavy atom. The maximum absolute atomic E-state index is 12.7. The highest BCUT2D eigenvalue weighted by atomic mass is 16.5. The molecule has 2 unspecified atom stereocenters. The van der Waals surface area contributed by atoms with Crippen molar-refractivity contribution in [1.82, 2.24) is 10.2 Å². The van der Waals surface area contributed by atoms with Crippen LogP contribution in [0.2, 0.25) is 0 Å². The lowest BCUT2D eigenvalue weighted by Crippen LogP contribution is -2.71. The monoisotopic (exact) mass is 408 g/mol. The van der Waals surface area contributed by atoms with Crippen LogP contribution in [-0.4, -0.2) is 47.0 Å². The first-order valence-corrected chi connectivity index (χ1v) is 9.47. The minimum atomic E-state index is -0.830. The Morgan fingerprint density at radius 3 is 2.40 bits per heavy atom. The van der Waals surface area contributed by atoms with Crippen LogP contribution in [0, 0.1) is 0 Å². The molecule has 4 rings (SSSR count). The summed E-state index contributed by atoms with van der Waals surface area (Å²) in [6.07, 6.45) is 0.635. The van der Waals surface area contributed by atoms with Crippen LogP contribution in [0.1, 0.15) is 23.2 Å². The number of hydrogen-bond acceptors (Lipinski definition) is 6. The van der Waals surface area contributed by atoms with Gasteiger partial charge in [0.1, 0.15) is 23.3 Å². The van der Waals surface area contributed by atoms with Gasteiger partial charge in [0.05, 0.1) is 13.2 Å². The number of fused-ring (bicyclic) bond motifs is 1. The zero-order valence-electron chi connectivity index (χ0n) is 16.2. The summed E-state index contributed by atoms with van der Waals surface area (Å²) >= 11 is 0. The second kappa shape index (κ2) is 7.90. The summed E-state index contributed by atoms with van der Waals surface area (Å²) in [4.78, 5) is 39.0. The van der Waals surface area contributed by atoms with Crippen molar-refractivity contribution in [3.05, 3.63) is 71.6 Å². The van der Waals surface area contributed by atoms with Gasteiger partial charge in [-0.15, -0.1) is 0 Å². The van der Waals surface area contributed by atoms with Gasteiger partial charge in [-0.1, -0.05) is 18.2 Å². The lowest BCUT2D eigenvalue weighted by atomic mass is 9.85. The Bertz CT molecular complexity index is 1020. The Kier molecular flexibility index (Phi) is 5.14. The molecule has 2 aliphatic heterocycles. The highest BCUT2D eigenvalue weighted by molar-refractivity contribution is 6.04. The average molecular weight is 408 g/mol. The number of carbonyl (C=O) groups excluding carboxylic acids is 3. The molecule has 0 aromatic heterocycles. The number of aliphatic hydroxyl groups excluding tert-OH is 1. The number of allylic oxidation sites excluding steroid dienone is 1. The first-order chi connectivity index (χ1) is 14.5. The third-order valence-electron chi connectivity index (χ3n) is 5.20. The number of methoxy groups -OCH3 is 1. The maximum atomic E-state index is 12.7. The number of rotatable bonds is 5. The van der Waals surface area contributed by atoms with Crippen LogP contribution >= 0.6 is 0 Å². The van der Waals surface area contributed by atoms with Crippen molar-refractivity contribution in [2.75, 3.05) is 7.11 Å². The minimum Gasteiger partial charge on any atom is -0.510 e. The number of amides is 2. The number of ether oxygens (including phenoxy) is 2. The summed E-state index contributed by atoms with van der Waals surface area (Å²) in [5, 5.41) is 13.0. The van der Waals surface area contributed by atoms with Gasteiger partial charge in [0.2, 0.25) is 0 Å². The van der Waals surface area contributed by atoms with Crippen molar-refractivity contribution in [3.8, 4) is 11.5 Å². The molecule has 1 fully saturated rings. The van der Waals surface area contributed by atoms with E-state index in [1.54, 1.807) is 54.6 Å². The van der Waals surface area contributed by atoms with Gasteiger partial charge in [0.15, 0.2) is 5.70 Å². The van der Waals surface area contributed by atoms with Crippen molar-refractivity contribution in [2.45, 2.75) is 24.9 Å². The minimum absolute atomic E-state index is 0.183.